The van der Waals surface area contributed by atoms with Crippen LogP contribution in [0.2, 0.25) is 0 Å². The van der Waals surface area contributed by atoms with Crippen molar-refractivity contribution in [1.29, 1.82) is 0 Å². The number of hydrogen-bond donors (Lipinski definition) is 3. The number of aromatic amines is 1. The second kappa shape index (κ2) is 5.12. The molecule has 0 saturated heterocycles. The van der Waals surface area contributed by atoms with Crippen LogP contribution < -0.4 is 15.3 Å². The maximum Gasteiger partial charge on any atom is 0.305 e. The molecule has 0 radical (unpaired) electrons. The average molecular weight is 291 g/mol. The van der Waals surface area contributed by atoms with E-state index in [2.05, 4.69) is 9.71 Å². The summed E-state index contributed by atoms with van der Waals surface area (Å²) in [5.41, 5.74) is 6.29. The normalized spacial score (nSPS) is 25.2. The number of thiazole rings is 1. The van der Waals surface area contributed by atoms with E-state index in [9.17, 15) is 13.2 Å². The van der Waals surface area contributed by atoms with Crippen LogP contribution in [0.5, 0.6) is 0 Å². The molecule has 0 bridgehead atoms. The minimum atomic E-state index is -3.65. The summed E-state index contributed by atoms with van der Waals surface area (Å²) in [5, 5.41) is 0. The molecule has 2 unspecified atom stereocenters. The Balaban J connectivity index is 2.21. The van der Waals surface area contributed by atoms with E-state index in [0.717, 1.165) is 25.7 Å². The van der Waals surface area contributed by atoms with Crippen LogP contribution >= 0.6 is 11.3 Å². The lowest BCUT2D eigenvalue weighted by Crippen LogP contribution is -2.49. The van der Waals surface area contributed by atoms with Gasteiger partial charge in [-0.15, -0.1) is 0 Å². The van der Waals surface area contributed by atoms with Crippen molar-refractivity contribution in [2.24, 2.45) is 5.73 Å². The predicted molar refractivity (Wildman–Crippen MR) is 70.2 cm³/mol. The Kier molecular flexibility index (Phi) is 3.90. The molecule has 2 atom stereocenters. The van der Waals surface area contributed by atoms with Crippen LogP contribution in [0.15, 0.2) is 9.00 Å². The summed E-state index contributed by atoms with van der Waals surface area (Å²) in [6.45, 7) is 1.58. The highest BCUT2D eigenvalue weighted by molar-refractivity contribution is 7.91. The Morgan fingerprint density at radius 2 is 2.06 bits per heavy atom. The average Bonchev–Trinajstić information content (AvgIpc) is 2.62. The maximum atomic E-state index is 12.2. The van der Waals surface area contributed by atoms with E-state index >= 15 is 0 Å². The lowest BCUT2D eigenvalue weighted by Gasteiger charge is -2.28. The SMILES string of the molecule is Cc1[nH]c(=O)sc1S(=O)(=O)NC1CCCCC1N. The van der Waals surface area contributed by atoms with Crippen LogP contribution in [0, 0.1) is 6.92 Å². The highest BCUT2D eigenvalue weighted by atomic mass is 32.2. The molecule has 1 fully saturated rings. The lowest BCUT2D eigenvalue weighted by molar-refractivity contribution is 0.361. The highest BCUT2D eigenvalue weighted by Gasteiger charge is 2.29. The van der Waals surface area contributed by atoms with Crippen LogP contribution in [0.4, 0.5) is 0 Å². The first kappa shape index (κ1) is 13.7. The molecule has 0 spiro atoms. The molecule has 2 rings (SSSR count). The first-order valence-corrected chi connectivity index (χ1v) is 8.18. The van der Waals surface area contributed by atoms with Gasteiger partial charge < -0.3 is 10.7 Å². The van der Waals surface area contributed by atoms with Gasteiger partial charge in [0.1, 0.15) is 0 Å². The minimum Gasteiger partial charge on any atom is -0.326 e. The van der Waals surface area contributed by atoms with Gasteiger partial charge in [0.2, 0.25) is 0 Å². The molecule has 1 heterocycles. The molecule has 1 aliphatic rings. The Hall–Kier alpha value is -0.700. The number of aryl methyl sites for hydroxylation is 1. The van der Waals surface area contributed by atoms with Gasteiger partial charge >= 0.3 is 4.87 Å². The molecule has 0 aromatic carbocycles. The van der Waals surface area contributed by atoms with Crippen LogP contribution in [-0.4, -0.2) is 25.5 Å². The standard InChI is InChI=1S/C10H17N3O3S2/c1-6-9(17-10(14)12-6)18(15,16)13-8-5-3-2-4-7(8)11/h7-8,13H,2-5,11H2,1H3,(H,12,14). The molecule has 6 nitrogen and oxygen atoms in total. The Bertz CT molecular complexity index is 575. The molecule has 102 valence electrons. The molecular weight excluding hydrogens is 274 g/mol. The monoisotopic (exact) mass is 291 g/mol. The molecule has 4 N–H and O–H groups in total. The van der Waals surface area contributed by atoms with Crippen molar-refractivity contribution in [3.8, 4) is 0 Å². The fourth-order valence-electron chi connectivity index (χ4n) is 2.21. The zero-order chi connectivity index (χ0) is 13.3. The van der Waals surface area contributed by atoms with Crippen molar-refractivity contribution in [3.63, 3.8) is 0 Å². The second-order valence-electron chi connectivity index (χ2n) is 4.60. The van der Waals surface area contributed by atoms with Gasteiger partial charge in [0.05, 0.1) is 0 Å². The number of aromatic nitrogens is 1. The lowest BCUT2D eigenvalue weighted by atomic mass is 9.92. The Labute approximate surface area is 110 Å². The first-order chi connectivity index (χ1) is 8.40. The van der Waals surface area contributed by atoms with Gasteiger partial charge in [-0.25, -0.2) is 13.1 Å². The van der Waals surface area contributed by atoms with E-state index in [0.29, 0.717) is 17.0 Å². The van der Waals surface area contributed by atoms with Crippen molar-refractivity contribution in [1.82, 2.24) is 9.71 Å². The number of hydrogen-bond acceptors (Lipinski definition) is 5. The molecular formula is C10H17N3O3S2. The van der Waals surface area contributed by atoms with Crippen LogP contribution in [-0.2, 0) is 10.0 Å². The third-order valence-corrected chi connectivity index (χ3v) is 6.25. The van der Waals surface area contributed by atoms with E-state index in [1.165, 1.54) is 0 Å². The van der Waals surface area contributed by atoms with E-state index in [1.807, 2.05) is 0 Å². The first-order valence-electron chi connectivity index (χ1n) is 5.88. The van der Waals surface area contributed by atoms with Crippen LogP contribution in [0.25, 0.3) is 0 Å². The van der Waals surface area contributed by atoms with E-state index in [1.54, 1.807) is 6.92 Å². The van der Waals surface area contributed by atoms with Crippen molar-refractivity contribution < 1.29 is 8.42 Å². The molecule has 8 heteroatoms. The Morgan fingerprint density at radius 3 is 2.61 bits per heavy atom. The third kappa shape index (κ3) is 2.82. The fraction of sp³-hybridized carbons (Fsp3) is 0.700. The molecule has 0 aliphatic heterocycles. The summed E-state index contributed by atoms with van der Waals surface area (Å²) in [6.07, 6.45) is 3.59. The van der Waals surface area contributed by atoms with Crippen LogP contribution in [0.3, 0.4) is 0 Å². The second-order valence-corrected chi connectivity index (χ2v) is 7.50. The number of H-pyrrole nitrogens is 1. The summed E-state index contributed by atoms with van der Waals surface area (Å²) in [7, 11) is -3.65. The van der Waals surface area contributed by atoms with Gasteiger partial charge in [-0.05, 0) is 19.8 Å². The number of sulfonamides is 1. The minimum absolute atomic E-state index is 0.0604. The van der Waals surface area contributed by atoms with Gasteiger partial charge in [-0.1, -0.05) is 24.2 Å². The molecule has 1 aromatic rings. The summed E-state index contributed by atoms with van der Waals surface area (Å²) in [4.78, 5) is 13.3. The topological polar surface area (TPSA) is 105 Å². The quantitative estimate of drug-likeness (QED) is 0.744. The molecule has 1 saturated carbocycles. The highest BCUT2D eigenvalue weighted by Crippen LogP contribution is 2.21. The summed E-state index contributed by atoms with van der Waals surface area (Å²) in [6, 6.07) is -0.384. The van der Waals surface area contributed by atoms with Crippen molar-refractivity contribution in [2.75, 3.05) is 0 Å². The van der Waals surface area contributed by atoms with Gasteiger partial charge in [-0.3, -0.25) is 4.79 Å². The molecule has 1 aromatic heterocycles. The molecule has 18 heavy (non-hydrogen) atoms. The number of rotatable bonds is 3. The van der Waals surface area contributed by atoms with Gasteiger partial charge in [0, 0.05) is 17.8 Å². The van der Waals surface area contributed by atoms with Gasteiger partial charge in [0.25, 0.3) is 10.0 Å². The van der Waals surface area contributed by atoms with Gasteiger partial charge in [0.15, 0.2) is 4.21 Å². The van der Waals surface area contributed by atoms with E-state index in [4.69, 9.17) is 5.73 Å². The van der Waals surface area contributed by atoms with E-state index < -0.39 is 10.0 Å². The van der Waals surface area contributed by atoms with Crippen LogP contribution in [0.1, 0.15) is 31.4 Å². The van der Waals surface area contributed by atoms with Crippen molar-refractivity contribution in [3.05, 3.63) is 15.4 Å². The van der Waals surface area contributed by atoms with Crippen molar-refractivity contribution >= 4 is 21.4 Å². The fourth-order valence-corrected chi connectivity index (χ4v) is 4.84. The summed E-state index contributed by atoms with van der Waals surface area (Å²) in [5.74, 6) is 0. The maximum absolute atomic E-state index is 12.2. The smallest absolute Gasteiger partial charge is 0.305 e. The number of nitrogens with one attached hydrogen (secondary N) is 2. The van der Waals surface area contributed by atoms with E-state index in [-0.39, 0.29) is 21.2 Å². The largest absolute Gasteiger partial charge is 0.326 e. The van der Waals surface area contributed by atoms with Gasteiger partial charge in [-0.2, -0.15) is 0 Å². The third-order valence-electron chi connectivity index (χ3n) is 3.15. The summed E-state index contributed by atoms with van der Waals surface area (Å²) < 4.78 is 27.0. The predicted octanol–water partition coefficient (Wildman–Crippen LogP) is 0.293. The Morgan fingerprint density at radius 1 is 1.39 bits per heavy atom. The summed E-state index contributed by atoms with van der Waals surface area (Å²) >= 11 is 0.709. The molecule has 1 aliphatic carbocycles. The number of nitrogens with two attached hydrogens (primary N) is 1. The zero-order valence-electron chi connectivity index (χ0n) is 10.1. The van der Waals surface area contributed by atoms with Crippen molar-refractivity contribution in [2.45, 2.75) is 48.9 Å². The molecule has 0 amide bonds. The zero-order valence-corrected chi connectivity index (χ0v) is 11.7.